The Balaban J connectivity index is 1.17. The van der Waals surface area contributed by atoms with Crippen molar-refractivity contribution in [3.8, 4) is 5.75 Å². The molecule has 0 bridgehead atoms. The molecule has 0 aromatic heterocycles. The van der Waals surface area contributed by atoms with Gasteiger partial charge in [0.05, 0.1) is 23.3 Å². The maximum absolute atomic E-state index is 13.2. The smallest absolute Gasteiger partial charge is 0.410 e. The van der Waals surface area contributed by atoms with Crippen LogP contribution < -0.4 is 10.1 Å². The number of carbonyl (C=O) groups is 5. The zero-order valence-corrected chi connectivity index (χ0v) is 24.0. The van der Waals surface area contributed by atoms with Crippen molar-refractivity contribution in [2.75, 3.05) is 33.2 Å². The maximum Gasteiger partial charge on any atom is 0.410 e. The Morgan fingerprint density at radius 3 is 2.29 bits per heavy atom. The molecule has 0 saturated carbocycles. The summed E-state index contributed by atoms with van der Waals surface area (Å²) in [6, 6.07) is 3.76. The Labute approximate surface area is 239 Å². The molecule has 222 valence electrons. The van der Waals surface area contributed by atoms with Gasteiger partial charge >= 0.3 is 6.09 Å². The summed E-state index contributed by atoms with van der Waals surface area (Å²) in [5.74, 6) is -1.71. The number of nitrogens with one attached hydrogen (secondary N) is 1. The Morgan fingerprint density at radius 2 is 1.61 bits per heavy atom. The third-order valence-electron chi connectivity index (χ3n) is 7.75. The average molecular weight is 571 g/mol. The predicted octanol–water partition coefficient (Wildman–Crippen LogP) is 1.96. The van der Waals surface area contributed by atoms with E-state index in [0.717, 1.165) is 24.3 Å². The number of benzene rings is 1. The predicted molar refractivity (Wildman–Crippen MR) is 145 cm³/mol. The molecule has 12 heteroatoms. The van der Waals surface area contributed by atoms with Crippen molar-refractivity contribution in [2.24, 2.45) is 0 Å². The third kappa shape index (κ3) is 6.54. The Kier molecular flexibility index (Phi) is 8.06. The normalized spacial score (nSPS) is 26.2. The van der Waals surface area contributed by atoms with Gasteiger partial charge in [-0.2, -0.15) is 0 Å². The van der Waals surface area contributed by atoms with Crippen LogP contribution >= 0.6 is 0 Å². The standard InChI is InChI=1S/C29H38N4O8/c1-29(2,3)41-28(38)32-11-9-17(10-12-32)39-19-13-20(16-31(4)15-19)40-18-5-6-21-22(14-18)27(37)33(26(21)36)23-7-8-24(34)30-25(23)35/h5-6,14,17,19-20,23H,7-13,15-16H2,1-4H3,(H,30,34,35)/t19-,20-,23?/m1/s1. The maximum atomic E-state index is 13.2. The number of nitrogens with zero attached hydrogens (tertiary/aromatic N) is 3. The highest BCUT2D eigenvalue weighted by molar-refractivity contribution is 6.23. The molecular formula is C29H38N4O8. The van der Waals surface area contributed by atoms with E-state index >= 15 is 0 Å². The van der Waals surface area contributed by atoms with E-state index in [2.05, 4.69) is 10.2 Å². The molecule has 1 N–H and O–H groups in total. The van der Waals surface area contributed by atoms with Gasteiger partial charge in [-0.1, -0.05) is 0 Å². The molecule has 0 aliphatic carbocycles. The van der Waals surface area contributed by atoms with Crippen LogP contribution in [0.4, 0.5) is 4.79 Å². The van der Waals surface area contributed by atoms with E-state index in [1.54, 1.807) is 23.1 Å². The van der Waals surface area contributed by atoms with Gasteiger partial charge < -0.3 is 24.0 Å². The molecule has 41 heavy (non-hydrogen) atoms. The van der Waals surface area contributed by atoms with Gasteiger partial charge in [-0.25, -0.2) is 4.79 Å². The molecule has 5 amide bonds. The fourth-order valence-electron chi connectivity index (χ4n) is 5.89. The number of likely N-dealkylation sites (N-methyl/N-ethyl adjacent to an activating group) is 1. The molecule has 1 aromatic carbocycles. The summed E-state index contributed by atoms with van der Waals surface area (Å²) in [5, 5.41) is 2.20. The van der Waals surface area contributed by atoms with Gasteiger partial charge in [0.25, 0.3) is 11.8 Å². The summed E-state index contributed by atoms with van der Waals surface area (Å²) < 4.78 is 18.2. The van der Waals surface area contributed by atoms with E-state index in [9.17, 15) is 24.0 Å². The molecule has 3 atom stereocenters. The Morgan fingerprint density at radius 1 is 0.927 bits per heavy atom. The van der Waals surface area contributed by atoms with Crippen LogP contribution in [0.3, 0.4) is 0 Å². The van der Waals surface area contributed by atoms with Crippen molar-refractivity contribution >= 4 is 29.7 Å². The summed E-state index contributed by atoms with van der Waals surface area (Å²) in [6.45, 7) is 8.16. The van der Waals surface area contributed by atoms with Gasteiger partial charge in [-0.3, -0.25) is 29.4 Å². The van der Waals surface area contributed by atoms with E-state index in [1.165, 1.54) is 0 Å². The minimum Gasteiger partial charge on any atom is -0.489 e. The summed E-state index contributed by atoms with van der Waals surface area (Å²) >= 11 is 0. The van der Waals surface area contributed by atoms with Crippen LogP contribution in [0.15, 0.2) is 18.2 Å². The number of carbonyl (C=O) groups excluding carboxylic acids is 5. The van der Waals surface area contributed by atoms with Crippen LogP contribution in [0.5, 0.6) is 5.75 Å². The van der Waals surface area contributed by atoms with Gasteiger partial charge in [0.1, 0.15) is 23.5 Å². The molecule has 12 nitrogen and oxygen atoms in total. The van der Waals surface area contributed by atoms with Crippen LogP contribution in [-0.2, 0) is 19.1 Å². The van der Waals surface area contributed by atoms with Gasteiger partial charge in [-0.05, 0) is 65.3 Å². The van der Waals surface area contributed by atoms with Crippen molar-refractivity contribution in [3.63, 3.8) is 0 Å². The first-order chi connectivity index (χ1) is 19.4. The number of piperidine rings is 3. The van der Waals surface area contributed by atoms with Gasteiger partial charge in [0.15, 0.2) is 0 Å². The molecule has 4 aliphatic heterocycles. The number of fused-ring (bicyclic) bond motifs is 1. The zero-order valence-electron chi connectivity index (χ0n) is 24.0. The third-order valence-corrected chi connectivity index (χ3v) is 7.75. The molecule has 0 radical (unpaired) electrons. The highest BCUT2D eigenvalue weighted by Gasteiger charge is 2.45. The van der Waals surface area contributed by atoms with E-state index in [-0.39, 0.29) is 48.4 Å². The van der Waals surface area contributed by atoms with Crippen molar-refractivity contribution < 1.29 is 38.2 Å². The average Bonchev–Trinajstić information content (AvgIpc) is 3.12. The monoisotopic (exact) mass is 570 g/mol. The molecule has 3 saturated heterocycles. The van der Waals surface area contributed by atoms with Crippen LogP contribution in [0.2, 0.25) is 0 Å². The lowest BCUT2D eigenvalue weighted by molar-refractivity contribution is -0.136. The zero-order chi connectivity index (χ0) is 29.5. The van der Waals surface area contributed by atoms with Gasteiger partial charge in [0, 0.05) is 39.0 Å². The molecule has 0 spiro atoms. The van der Waals surface area contributed by atoms with Crippen molar-refractivity contribution in [1.82, 2.24) is 20.0 Å². The summed E-state index contributed by atoms with van der Waals surface area (Å²) in [5.41, 5.74) is -0.126. The Hall–Kier alpha value is -3.51. The second-order valence-corrected chi connectivity index (χ2v) is 12.3. The largest absolute Gasteiger partial charge is 0.489 e. The van der Waals surface area contributed by atoms with E-state index < -0.39 is 35.3 Å². The number of hydrogen-bond donors (Lipinski definition) is 1. The van der Waals surface area contributed by atoms with Crippen LogP contribution in [-0.4, -0.2) is 108 Å². The fraction of sp³-hybridized carbons (Fsp3) is 0.621. The van der Waals surface area contributed by atoms with Crippen LogP contribution in [0, 0.1) is 0 Å². The lowest BCUT2D eigenvalue weighted by Gasteiger charge is -2.39. The quantitative estimate of drug-likeness (QED) is 0.527. The van der Waals surface area contributed by atoms with Crippen LogP contribution in [0.25, 0.3) is 0 Å². The summed E-state index contributed by atoms with van der Waals surface area (Å²) in [6.07, 6.45) is 1.78. The second-order valence-electron chi connectivity index (χ2n) is 12.3. The highest BCUT2D eigenvalue weighted by atomic mass is 16.6. The Bertz CT molecular complexity index is 1240. The molecule has 4 heterocycles. The second kappa shape index (κ2) is 11.4. The number of hydrogen-bond acceptors (Lipinski definition) is 9. The summed E-state index contributed by atoms with van der Waals surface area (Å²) in [4.78, 5) is 67.2. The first-order valence-electron chi connectivity index (χ1n) is 14.2. The number of likely N-dealkylation sites (tertiary alicyclic amines) is 2. The molecule has 1 aromatic rings. The van der Waals surface area contributed by atoms with Gasteiger partial charge in [0.2, 0.25) is 11.8 Å². The summed E-state index contributed by atoms with van der Waals surface area (Å²) in [7, 11) is 2.00. The molecular weight excluding hydrogens is 532 g/mol. The molecule has 5 rings (SSSR count). The molecule has 4 aliphatic rings. The minimum atomic E-state index is -1.01. The SMILES string of the molecule is CN1C[C@H](Oc2ccc3c(c2)C(=O)N(C2CCC(=O)NC2=O)C3=O)C[C@@H](OC2CCN(C(=O)OC(C)(C)C)CC2)C1. The number of amides is 5. The molecule has 1 unspecified atom stereocenters. The highest BCUT2D eigenvalue weighted by Crippen LogP contribution is 2.31. The van der Waals surface area contributed by atoms with E-state index in [0.29, 0.717) is 31.8 Å². The van der Waals surface area contributed by atoms with Crippen molar-refractivity contribution in [2.45, 2.75) is 82.8 Å². The van der Waals surface area contributed by atoms with Crippen LogP contribution in [0.1, 0.15) is 73.6 Å². The number of ether oxygens (including phenoxy) is 3. The van der Waals surface area contributed by atoms with E-state index in [4.69, 9.17) is 14.2 Å². The van der Waals surface area contributed by atoms with Gasteiger partial charge in [-0.15, -0.1) is 0 Å². The number of rotatable bonds is 5. The number of imide groups is 2. The van der Waals surface area contributed by atoms with E-state index in [1.807, 2.05) is 27.8 Å². The minimum absolute atomic E-state index is 0.0349. The van der Waals surface area contributed by atoms with Crippen molar-refractivity contribution in [1.29, 1.82) is 0 Å². The lowest BCUT2D eigenvalue weighted by atomic mass is 10.0. The first-order valence-corrected chi connectivity index (χ1v) is 14.2. The lowest BCUT2D eigenvalue weighted by Crippen LogP contribution is -2.54. The fourth-order valence-corrected chi connectivity index (χ4v) is 5.89. The molecule has 3 fully saturated rings. The topological polar surface area (TPSA) is 135 Å². The first kappa shape index (κ1) is 29.0. The van der Waals surface area contributed by atoms with Crippen molar-refractivity contribution in [3.05, 3.63) is 29.3 Å².